The maximum Gasteiger partial charge on any atom is 0.337 e. The Morgan fingerprint density at radius 3 is 2.74 bits per heavy atom. The average molecular weight is 319 g/mol. The summed E-state index contributed by atoms with van der Waals surface area (Å²) in [5.74, 6) is -1.28. The summed E-state index contributed by atoms with van der Waals surface area (Å²) in [6.07, 6.45) is 0.163. The molecule has 1 fully saturated rings. The van der Waals surface area contributed by atoms with Gasteiger partial charge in [-0.05, 0) is 24.6 Å². The lowest BCUT2D eigenvalue weighted by atomic mass is 10.1. The van der Waals surface area contributed by atoms with Gasteiger partial charge in [0, 0.05) is 18.7 Å². The van der Waals surface area contributed by atoms with Crippen LogP contribution in [0.1, 0.15) is 22.3 Å². The molecular formula is C15H17N3O5. The van der Waals surface area contributed by atoms with Gasteiger partial charge in [-0.3, -0.25) is 14.9 Å². The van der Waals surface area contributed by atoms with E-state index in [0.29, 0.717) is 11.3 Å². The number of imide groups is 1. The van der Waals surface area contributed by atoms with Crippen molar-refractivity contribution in [3.05, 3.63) is 29.3 Å². The quantitative estimate of drug-likeness (QED) is 0.793. The third-order valence-corrected chi connectivity index (χ3v) is 3.41. The number of urea groups is 1. The lowest BCUT2D eigenvalue weighted by Gasteiger charge is -2.25. The van der Waals surface area contributed by atoms with Crippen LogP contribution in [0.5, 0.6) is 0 Å². The Morgan fingerprint density at radius 1 is 1.35 bits per heavy atom. The van der Waals surface area contributed by atoms with E-state index in [-0.39, 0.29) is 25.4 Å². The summed E-state index contributed by atoms with van der Waals surface area (Å²) < 4.78 is 4.64. The lowest BCUT2D eigenvalue weighted by molar-refractivity contribution is -0.123. The zero-order valence-corrected chi connectivity index (χ0v) is 12.8. The molecule has 0 atom stereocenters. The van der Waals surface area contributed by atoms with Gasteiger partial charge in [0.05, 0.1) is 12.7 Å². The number of nitrogens with zero attached hydrogens (tertiary/aromatic N) is 1. The van der Waals surface area contributed by atoms with E-state index in [0.717, 1.165) is 5.56 Å². The van der Waals surface area contributed by atoms with Crippen LogP contribution in [-0.4, -0.2) is 48.9 Å². The Morgan fingerprint density at radius 2 is 2.09 bits per heavy atom. The third kappa shape index (κ3) is 4.06. The molecule has 4 amide bonds. The number of rotatable bonds is 4. The number of carbonyl (C=O) groups excluding carboxylic acids is 4. The van der Waals surface area contributed by atoms with Crippen LogP contribution in [0.2, 0.25) is 0 Å². The predicted molar refractivity (Wildman–Crippen MR) is 80.9 cm³/mol. The molecule has 0 spiro atoms. The fourth-order valence-electron chi connectivity index (χ4n) is 2.11. The molecule has 8 heteroatoms. The first kappa shape index (κ1) is 16.5. The van der Waals surface area contributed by atoms with E-state index >= 15 is 0 Å². The van der Waals surface area contributed by atoms with E-state index in [2.05, 4.69) is 15.4 Å². The first-order chi connectivity index (χ1) is 10.9. The molecule has 0 unspecified atom stereocenters. The Hall–Kier alpha value is -2.90. The molecule has 0 aliphatic carbocycles. The second kappa shape index (κ2) is 6.91. The van der Waals surface area contributed by atoms with Crippen molar-refractivity contribution >= 4 is 29.5 Å². The average Bonchev–Trinajstić information content (AvgIpc) is 2.51. The van der Waals surface area contributed by atoms with Crippen LogP contribution in [0.25, 0.3) is 0 Å². The van der Waals surface area contributed by atoms with Gasteiger partial charge in [0.1, 0.15) is 6.54 Å². The number of esters is 1. The van der Waals surface area contributed by atoms with Crippen LogP contribution in [-0.2, 0) is 14.3 Å². The minimum absolute atomic E-state index is 0.163. The van der Waals surface area contributed by atoms with E-state index in [4.69, 9.17) is 0 Å². The largest absolute Gasteiger partial charge is 0.465 e. The van der Waals surface area contributed by atoms with Crippen LogP contribution >= 0.6 is 0 Å². The highest BCUT2D eigenvalue weighted by molar-refractivity contribution is 6.00. The summed E-state index contributed by atoms with van der Waals surface area (Å²) in [4.78, 5) is 47.5. The molecule has 1 heterocycles. The molecule has 1 aromatic rings. The summed E-state index contributed by atoms with van der Waals surface area (Å²) in [7, 11) is 1.27. The molecule has 0 radical (unpaired) electrons. The number of anilines is 1. The molecule has 23 heavy (non-hydrogen) atoms. The molecule has 0 aromatic heterocycles. The minimum Gasteiger partial charge on any atom is -0.465 e. The zero-order chi connectivity index (χ0) is 17.0. The van der Waals surface area contributed by atoms with Crippen LogP contribution in [0, 0.1) is 6.92 Å². The van der Waals surface area contributed by atoms with E-state index in [1.807, 2.05) is 0 Å². The van der Waals surface area contributed by atoms with Gasteiger partial charge >= 0.3 is 12.0 Å². The van der Waals surface area contributed by atoms with Crippen LogP contribution in [0.15, 0.2) is 18.2 Å². The normalized spacial score (nSPS) is 14.3. The molecule has 122 valence electrons. The lowest BCUT2D eigenvalue weighted by Crippen LogP contribution is -2.51. The molecule has 1 aromatic carbocycles. The van der Waals surface area contributed by atoms with Gasteiger partial charge in [-0.15, -0.1) is 0 Å². The van der Waals surface area contributed by atoms with Crippen LogP contribution in [0.3, 0.4) is 0 Å². The molecule has 1 aliphatic heterocycles. The number of amides is 4. The first-order valence-electron chi connectivity index (χ1n) is 6.98. The highest BCUT2D eigenvalue weighted by Crippen LogP contribution is 2.17. The molecule has 1 saturated heterocycles. The second-order valence-electron chi connectivity index (χ2n) is 5.09. The molecular weight excluding hydrogens is 302 g/mol. The van der Waals surface area contributed by atoms with Crippen molar-refractivity contribution in [2.75, 3.05) is 25.5 Å². The van der Waals surface area contributed by atoms with Crippen molar-refractivity contribution in [1.82, 2.24) is 10.2 Å². The van der Waals surface area contributed by atoms with Gasteiger partial charge in [0.2, 0.25) is 11.8 Å². The Kier molecular flexibility index (Phi) is 4.95. The van der Waals surface area contributed by atoms with E-state index in [1.54, 1.807) is 19.1 Å². The van der Waals surface area contributed by atoms with Crippen molar-refractivity contribution in [2.24, 2.45) is 0 Å². The number of nitrogens with one attached hydrogen (secondary N) is 2. The second-order valence-corrected chi connectivity index (χ2v) is 5.09. The molecule has 0 bridgehead atoms. The Bertz CT molecular complexity index is 671. The number of benzene rings is 1. The van der Waals surface area contributed by atoms with Crippen LogP contribution in [0.4, 0.5) is 10.5 Å². The Labute approximate surface area is 132 Å². The summed E-state index contributed by atoms with van der Waals surface area (Å²) in [5, 5.41) is 4.80. The minimum atomic E-state index is -0.587. The number of carbonyl (C=O) groups is 4. The first-order valence-corrected chi connectivity index (χ1v) is 6.98. The van der Waals surface area contributed by atoms with Crippen molar-refractivity contribution in [3.8, 4) is 0 Å². The van der Waals surface area contributed by atoms with Crippen LogP contribution < -0.4 is 10.6 Å². The number of ether oxygens (including phenoxy) is 1. The molecule has 8 nitrogen and oxygen atoms in total. The van der Waals surface area contributed by atoms with E-state index in [9.17, 15) is 19.2 Å². The van der Waals surface area contributed by atoms with Crippen molar-refractivity contribution < 1.29 is 23.9 Å². The number of hydrogen-bond acceptors (Lipinski definition) is 5. The van der Waals surface area contributed by atoms with Gasteiger partial charge < -0.3 is 15.0 Å². The van der Waals surface area contributed by atoms with Gasteiger partial charge in [0.25, 0.3) is 0 Å². The molecule has 2 N–H and O–H groups in total. The zero-order valence-electron chi connectivity index (χ0n) is 12.8. The summed E-state index contributed by atoms with van der Waals surface area (Å²) in [6.45, 7) is 1.79. The smallest absolute Gasteiger partial charge is 0.337 e. The summed E-state index contributed by atoms with van der Waals surface area (Å²) >= 11 is 0. The number of hydrogen-bond donors (Lipinski definition) is 2. The number of aryl methyl sites for hydroxylation is 1. The molecule has 2 rings (SSSR count). The van der Waals surface area contributed by atoms with Gasteiger partial charge in [-0.2, -0.15) is 0 Å². The van der Waals surface area contributed by atoms with Crippen molar-refractivity contribution in [1.29, 1.82) is 0 Å². The van der Waals surface area contributed by atoms with E-state index in [1.165, 1.54) is 18.1 Å². The van der Waals surface area contributed by atoms with Gasteiger partial charge in [-0.25, -0.2) is 9.59 Å². The highest BCUT2D eigenvalue weighted by Gasteiger charge is 2.24. The molecule has 1 aliphatic rings. The SMILES string of the molecule is COC(=O)c1ccc(C)c(NC(=O)CN2CCC(=O)NC2=O)c1. The third-order valence-electron chi connectivity index (χ3n) is 3.41. The topological polar surface area (TPSA) is 105 Å². The summed E-state index contributed by atoms with van der Waals surface area (Å²) in [6, 6.07) is 4.21. The fraction of sp³-hybridized carbons (Fsp3) is 0.333. The standard InChI is InChI=1S/C15H17N3O5/c1-9-3-4-10(14(21)23-2)7-11(9)16-13(20)8-18-6-5-12(19)17-15(18)22/h3-4,7H,5-6,8H2,1-2H3,(H,16,20)(H,17,19,22). The van der Waals surface area contributed by atoms with Crippen molar-refractivity contribution in [2.45, 2.75) is 13.3 Å². The predicted octanol–water partition coefficient (Wildman–Crippen LogP) is 0.662. The highest BCUT2D eigenvalue weighted by atomic mass is 16.5. The molecule has 0 saturated carbocycles. The fourth-order valence-corrected chi connectivity index (χ4v) is 2.11. The maximum atomic E-state index is 12.1. The maximum absolute atomic E-state index is 12.1. The van der Waals surface area contributed by atoms with Gasteiger partial charge in [0.15, 0.2) is 0 Å². The van der Waals surface area contributed by atoms with E-state index < -0.39 is 17.9 Å². The monoisotopic (exact) mass is 319 g/mol. The Balaban J connectivity index is 2.04. The van der Waals surface area contributed by atoms with Gasteiger partial charge in [-0.1, -0.05) is 6.07 Å². The number of methoxy groups -OCH3 is 1. The summed E-state index contributed by atoms with van der Waals surface area (Å²) in [5.41, 5.74) is 1.55. The van der Waals surface area contributed by atoms with Crippen molar-refractivity contribution in [3.63, 3.8) is 0 Å².